The van der Waals surface area contributed by atoms with Gasteiger partial charge in [-0.3, -0.25) is 9.59 Å². The molecular formula is C26H30N2O6. The molecule has 180 valence electrons. The molecule has 34 heavy (non-hydrogen) atoms. The van der Waals surface area contributed by atoms with Crippen molar-refractivity contribution in [3.8, 4) is 11.1 Å². The Bertz CT molecular complexity index is 994. The van der Waals surface area contributed by atoms with Crippen LogP contribution in [0.1, 0.15) is 42.7 Å². The number of fused-ring (bicyclic) bond motifs is 3. The molecule has 2 atom stereocenters. The van der Waals surface area contributed by atoms with E-state index in [4.69, 9.17) is 14.6 Å². The van der Waals surface area contributed by atoms with Crippen LogP contribution in [0, 0.1) is 5.92 Å². The Morgan fingerprint density at radius 2 is 1.62 bits per heavy atom. The van der Waals surface area contributed by atoms with Crippen LogP contribution in [-0.2, 0) is 19.1 Å². The smallest absolute Gasteiger partial charge is 0.407 e. The second-order valence-electron chi connectivity index (χ2n) is 8.73. The Morgan fingerprint density at radius 1 is 0.941 bits per heavy atom. The first kappa shape index (κ1) is 23.8. The van der Waals surface area contributed by atoms with E-state index in [9.17, 15) is 14.4 Å². The van der Waals surface area contributed by atoms with Gasteiger partial charge in [0.15, 0.2) is 0 Å². The molecule has 2 aliphatic rings. The van der Waals surface area contributed by atoms with Gasteiger partial charge < -0.3 is 25.2 Å². The SMILES string of the molecule is O=C(CCOCCNC(=O)OCC1c2ccccc2-c2ccccc21)NC1CCC(C(=O)O)C1. The minimum Gasteiger partial charge on any atom is -0.481 e. The molecule has 0 heterocycles. The van der Waals surface area contributed by atoms with E-state index in [0.29, 0.717) is 19.3 Å². The van der Waals surface area contributed by atoms with Crippen molar-refractivity contribution in [2.45, 2.75) is 37.6 Å². The molecule has 8 heteroatoms. The van der Waals surface area contributed by atoms with E-state index in [-0.39, 0.29) is 56.6 Å². The van der Waals surface area contributed by atoms with Crippen LogP contribution in [0.15, 0.2) is 48.5 Å². The Kier molecular flexibility index (Phi) is 7.80. The van der Waals surface area contributed by atoms with Gasteiger partial charge in [0.2, 0.25) is 5.91 Å². The third-order valence-electron chi connectivity index (χ3n) is 6.48. The Morgan fingerprint density at radius 3 is 2.26 bits per heavy atom. The molecule has 0 bridgehead atoms. The van der Waals surface area contributed by atoms with Crippen molar-refractivity contribution in [2.24, 2.45) is 5.92 Å². The van der Waals surface area contributed by atoms with E-state index in [2.05, 4.69) is 34.9 Å². The highest BCUT2D eigenvalue weighted by atomic mass is 16.5. The van der Waals surface area contributed by atoms with Crippen LogP contribution in [0.5, 0.6) is 0 Å². The second-order valence-corrected chi connectivity index (χ2v) is 8.73. The fraction of sp³-hybridized carbons (Fsp3) is 0.423. The average Bonchev–Trinajstić information content (AvgIpc) is 3.43. The largest absolute Gasteiger partial charge is 0.481 e. The highest BCUT2D eigenvalue weighted by molar-refractivity contribution is 5.79. The molecule has 0 radical (unpaired) electrons. The zero-order valence-electron chi connectivity index (χ0n) is 19.0. The third-order valence-corrected chi connectivity index (χ3v) is 6.48. The summed E-state index contributed by atoms with van der Waals surface area (Å²) in [7, 11) is 0. The molecule has 1 saturated carbocycles. The van der Waals surface area contributed by atoms with E-state index in [1.165, 1.54) is 11.1 Å². The fourth-order valence-corrected chi connectivity index (χ4v) is 4.78. The van der Waals surface area contributed by atoms with Crippen molar-refractivity contribution in [2.75, 3.05) is 26.4 Å². The van der Waals surface area contributed by atoms with Gasteiger partial charge in [-0.1, -0.05) is 48.5 Å². The molecule has 2 amide bonds. The van der Waals surface area contributed by atoms with Gasteiger partial charge in [0, 0.05) is 24.9 Å². The van der Waals surface area contributed by atoms with E-state index >= 15 is 0 Å². The number of carbonyl (C=O) groups excluding carboxylic acids is 2. The molecule has 0 aromatic heterocycles. The summed E-state index contributed by atoms with van der Waals surface area (Å²) in [5.41, 5.74) is 4.68. The zero-order valence-corrected chi connectivity index (χ0v) is 19.0. The fourth-order valence-electron chi connectivity index (χ4n) is 4.78. The Hall–Kier alpha value is -3.39. The number of carboxylic acid groups (broad SMARTS) is 1. The Balaban J connectivity index is 1.10. The molecule has 3 N–H and O–H groups in total. The standard InChI is InChI=1S/C26H30N2O6/c29-24(28-18-10-9-17(15-18)25(30)31)11-13-33-14-12-27-26(32)34-16-23-21-7-3-1-5-19(21)20-6-2-4-8-22(20)23/h1-8,17-18,23H,9-16H2,(H,27,32)(H,28,29)(H,30,31). The number of benzene rings is 2. The number of carbonyl (C=O) groups is 3. The van der Waals surface area contributed by atoms with Gasteiger partial charge in [-0.25, -0.2) is 4.79 Å². The predicted molar refractivity (Wildman–Crippen MR) is 125 cm³/mol. The molecule has 2 aromatic carbocycles. The summed E-state index contributed by atoms with van der Waals surface area (Å²) in [5.74, 6) is -1.31. The maximum absolute atomic E-state index is 12.1. The van der Waals surface area contributed by atoms with E-state index in [1.54, 1.807) is 0 Å². The van der Waals surface area contributed by atoms with Crippen molar-refractivity contribution in [1.82, 2.24) is 10.6 Å². The zero-order chi connectivity index (χ0) is 23.9. The van der Waals surface area contributed by atoms with Crippen LogP contribution in [0.2, 0.25) is 0 Å². The minimum atomic E-state index is -0.802. The number of amides is 2. The van der Waals surface area contributed by atoms with Crippen molar-refractivity contribution in [1.29, 1.82) is 0 Å². The lowest BCUT2D eigenvalue weighted by atomic mass is 9.98. The van der Waals surface area contributed by atoms with Crippen LogP contribution in [-0.4, -0.2) is 55.5 Å². The van der Waals surface area contributed by atoms with Gasteiger partial charge in [0.25, 0.3) is 0 Å². The molecule has 1 fully saturated rings. The molecule has 8 nitrogen and oxygen atoms in total. The molecule has 2 aliphatic carbocycles. The monoisotopic (exact) mass is 466 g/mol. The summed E-state index contributed by atoms with van der Waals surface area (Å²) in [6, 6.07) is 16.3. The molecule has 4 rings (SSSR count). The number of nitrogens with one attached hydrogen (secondary N) is 2. The normalized spacial score (nSPS) is 18.7. The number of hydrogen-bond donors (Lipinski definition) is 3. The van der Waals surface area contributed by atoms with Gasteiger partial charge in [-0.15, -0.1) is 0 Å². The van der Waals surface area contributed by atoms with E-state index in [0.717, 1.165) is 11.1 Å². The van der Waals surface area contributed by atoms with Gasteiger partial charge in [0.1, 0.15) is 6.61 Å². The summed E-state index contributed by atoms with van der Waals surface area (Å²) in [4.78, 5) is 35.1. The second kappa shape index (κ2) is 11.2. The maximum atomic E-state index is 12.1. The van der Waals surface area contributed by atoms with Gasteiger partial charge in [-0.05, 0) is 41.5 Å². The van der Waals surface area contributed by atoms with Gasteiger partial charge >= 0.3 is 12.1 Å². The number of carboxylic acids is 1. The highest BCUT2D eigenvalue weighted by Gasteiger charge is 2.30. The molecule has 0 saturated heterocycles. The summed E-state index contributed by atoms with van der Waals surface area (Å²) in [5, 5.41) is 14.6. The molecule has 2 unspecified atom stereocenters. The third kappa shape index (κ3) is 5.75. The van der Waals surface area contributed by atoms with E-state index in [1.807, 2.05) is 24.3 Å². The molecule has 0 aliphatic heterocycles. The minimum absolute atomic E-state index is 0.0126. The number of alkyl carbamates (subject to hydrolysis) is 1. The van der Waals surface area contributed by atoms with E-state index < -0.39 is 12.1 Å². The lowest BCUT2D eigenvalue weighted by molar-refractivity contribution is -0.141. The van der Waals surface area contributed by atoms with Crippen LogP contribution < -0.4 is 10.6 Å². The highest BCUT2D eigenvalue weighted by Crippen LogP contribution is 2.44. The predicted octanol–water partition coefficient (Wildman–Crippen LogP) is 3.30. The van der Waals surface area contributed by atoms with Crippen LogP contribution in [0.25, 0.3) is 11.1 Å². The summed E-state index contributed by atoms with van der Waals surface area (Å²) < 4.78 is 10.9. The first-order chi connectivity index (χ1) is 16.5. The first-order valence-electron chi connectivity index (χ1n) is 11.7. The van der Waals surface area contributed by atoms with Crippen LogP contribution >= 0.6 is 0 Å². The van der Waals surface area contributed by atoms with Crippen LogP contribution in [0.3, 0.4) is 0 Å². The van der Waals surface area contributed by atoms with Crippen molar-refractivity contribution in [3.63, 3.8) is 0 Å². The molecule has 0 spiro atoms. The number of hydrogen-bond acceptors (Lipinski definition) is 5. The van der Waals surface area contributed by atoms with Crippen molar-refractivity contribution >= 4 is 18.0 Å². The molecular weight excluding hydrogens is 436 g/mol. The summed E-state index contributed by atoms with van der Waals surface area (Å²) >= 11 is 0. The number of aliphatic carboxylic acids is 1. The first-order valence-corrected chi connectivity index (χ1v) is 11.7. The topological polar surface area (TPSA) is 114 Å². The maximum Gasteiger partial charge on any atom is 0.407 e. The quantitative estimate of drug-likeness (QED) is 0.463. The summed E-state index contributed by atoms with van der Waals surface area (Å²) in [6.45, 7) is 1.03. The number of rotatable bonds is 10. The van der Waals surface area contributed by atoms with Crippen LogP contribution in [0.4, 0.5) is 4.79 Å². The van der Waals surface area contributed by atoms with Crippen molar-refractivity contribution < 1.29 is 29.0 Å². The lowest BCUT2D eigenvalue weighted by Gasteiger charge is -2.15. The average molecular weight is 467 g/mol. The number of ether oxygens (including phenoxy) is 2. The Labute approximate surface area is 198 Å². The molecule has 2 aromatic rings. The van der Waals surface area contributed by atoms with Gasteiger partial charge in [0.05, 0.1) is 19.1 Å². The van der Waals surface area contributed by atoms with Crippen molar-refractivity contribution in [3.05, 3.63) is 59.7 Å². The lowest BCUT2D eigenvalue weighted by Crippen LogP contribution is -2.34. The summed E-state index contributed by atoms with van der Waals surface area (Å²) in [6.07, 6.45) is 1.45. The van der Waals surface area contributed by atoms with Gasteiger partial charge in [-0.2, -0.15) is 0 Å².